The molecule has 3 aromatic rings. The van der Waals surface area contributed by atoms with Crippen LogP contribution >= 0.6 is 0 Å². The lowest BCUT2D eigenvalue weighted by atomic mass is 9.91. The second-order valence-electron chi connectivity index (χ2n) is 13.4. The average Bonchev–Trinajstić information content (AvgIpc) is 2.98. The Balaban J connectivity index is 1.45. The molecule has 3 aromatic carbocycles. The Bertz CT molecular complexity index is 1550. The van der Waals surface area contributed by atoms with Crippen LogP contribution in [0.1, 0.15) is 77.0 Å². The summed E-state index contributed by atoms with van der Waals surface area (Å²) in [5.74, 6) is -1.00. The van der Waals surface area contributed by atoms with E-state index in [-0.39, 0.29) is 12.2 Å². The molecule has 45 heavy (non-hydrogen) atoms. The van der Waals surface area contributed by atoms with Crippen molar-refractivity contribution in [2.24, 2.45) is 5.41 Å². The number of nitrogens with zero attached hydrogens (tertiary/aromatic N) is 2. The van der Waals surface area contributed by atoms with Gasteiger partial charge in [-0.15, -0.1) is 0 Å². The molecule has 0 aromatic heterocycles. The first-order valence-electron chi connectivity index (χ1n) is 15.2. The fraction of sp³-hybridized carbons (Fsp3) is 0.444. The number of carbonyl (C=O) groups is 3. The zero-order valence-corrected chi connectivity index (χ0v) is 26.9. The van der Waals surface area contributed by atoms with Gasteiger partial charge in [0.25, 0.3) is 0 Å². The van der Waals surface area contributed by atoms with E-state index in [1.54, 1.807) is 31.7 Å². The number of hydrogen-bond donors (Lipinski definition) is 0. The van der Waals surface area contributed by atoms with E-state index in [0.29, 0.717) is 43.7 Å². The Morgan fingerprint density at radius 2 is 1.56 bits per heavy atom. The van der Waals surface area contributed by atoms with Crippen molar-refractivity contribution in [2.75, 3.05) is 19.9 Å². The van der Waals surface area contributed by atoms with E-state index < -0.39 is 35.7 Å². The minimum absolute atomic E-state index is 0.0521. The zero-order valence-electron chi connectivity index (χ0n) is 26.9. The second-order valence-corrected chi connectivity index (χ2v) is 13.4. The largest absolute Gasteiger partial charge is 0.490 e. The smallest absolute Gasteiger partial charge is 0.410 e. The molecule has 1 saturated heterocycles. The van der Waals surface area contributed by atoms with Gasteiger partial charge in [-0.1, -0.05) is 36.4 Å². The third kappa shape index (κ3) is 9.45. The molecule has 1 unspecified atom stereocenters. The van der Waals surface area contributed by atoms with Crippen LogP contribution in [-0.4, -0.2) is 54.5 Å². The number of benzene rings is 3. The summed E-state index contributed by atoms with van der Waals surface area (Å²) in [6.45, 7) is 11.4. The predicted octanol–water partition coefficient (Wildman–Crippen LogP) is 6.91. The summed E-state index contributed by atoms with van der Waals surface area (Å²) in [5, 5.41) is 11.2. The molecule has 0 saturated carbocycles. The summed E-state index contributed by atoms with van der Waals surface area (Å²) in [5.41, 5.74) is 0.912. The number of nitriles is 1. The first-order chi connectivity index (χ1) is 21.2. The number of rotatable bonds is 8. The van der Waals surface area contributed by atoms with E-state index in [4.69, 9.17) is 18.9 Å². The zero-order chi connectivity index (χ0) is 32.8. The fourth-order valence-corrected chi connectivity index (χ4v) is 4.98. The molecular formula is C36H42N2O7. The van der Waals surface area contributed by atoms with Crippen LogP contribution in [0.5, 0.6) is 5.75 Å². The second kappa shape index (κ2) is 14.0. The van der Waals surface area contributed by atoms with Gasteiger partial charge in [0.1, 0.15) is 17.5 Å². The van der Waals surface area contributed by atoms with E-state index in [1.807, 2.05) is 75.4 Å². The Labute approximate surface area is 265 Å². The molecule has 0 N–H and O–H groups in total. The number of esters is 2. The fourth-order valence-electron chi connectivity index (χ4n) is 4.98. The van der Waals surface area contributed by atoms with Crippen LogP contribution in [0.3, 0.4) is 0 Å². The first-order valence-corrected chi connectivity index (χ1v) is 15.2. The van der Waals surface area contributed by atoms with Gasteiger partial charge < -0.3 is 23.8 Å². The number of amides is 1. The monoisotopic (exact) mass is 614 g/mol. The number of ether oxygens (including phenoxy) is 4. The van der Waals surface area contributed by atoms with E-state index >= 15 is 0 Å². The van der Waals surface area contributed by atoms with Crippen molar-refractivity contribution in [1.82, 2.24) is 4.90 Å². The van der Waals surface area contributed by atoms with E-state index in [9.17, 15) is 19.6 Å². The van der Waals surface area contributed by atoms with Crippen LogP contribution in [-0.2, 0) is 30.2 Å². The van der Waals surface area contributed by atoms with Crippen molar-refractivity contribution in [3.05, 3.63) is 77.4 Å². The van der Waals surface area contributed by atoms with E-state index in [1.165, 1.54) is 0 Å². The Kier molecular flexibility index (Phi) is 10.4. The topological polar surface area (TPSA) is 115 Å². The molecule has 1 aliphatic rings. The van der Waals surface area contributed by atoms with Crippen LogP contribution < -0.4 is 4.74 Å². The van der Waals surface area contributed by atoms with Crippen molar-refractivity contribution >= 4 is 28.8 Å². The lowest BCUT2D eigenvalue weighted by Crippen LogP contribution is -2.44. The van der Waals surface area contributed by atoms with Crippen LogP contribution in [0.15, 0.2) is 60.7 Å². The standard InChI is InChI=1S/C36H42N2O7/c1-35(2,3)33(40)43-23-42-32(39)31(21-24-7-9-26-10-8-25(22-37)20-28(26)19-24)27-11-13-29(14-12-27)44-30-15-17-38(18-16-30)34(41)45-36(4,5)6/h7-14,19-20,30-31H,15-18,21,23H2,1-6H3. The molecule has 1 amide bonds. The highest BCUT2D eigenvalue weighted by molar-refractivity contribution is 5.85. The molecule has 1 atom stereocenters. The van der Waals surface area contributed by atoms with Gasteiger partial charge in [-0.05, 0) is 94.1 Å². The molecule has 4 rings (SSSR count). The molecule has 1 heterocycles. The third-order valence-electron chi connectivity index (χ3n) is 7.44. The normalized spacial score (nSPS) is 14.7. The number of piperidine rings is 1. The van der Waals surface area contributed by atoms with Crippen LogP contribution in [0.2, 0.25) is 0 Å². The Morgan fingerprint density at radius 3 is 2.18 bits per heavy atom. The molecule has 238 valence electrons. The molecule has 0 radical (unpaired) electrons. The molecule has 0 bridgehead atoms. The maximum Gasteiger partial charge on any atom is 0.410 e. The molecule has 0 aliphatic carbocycles. The summed E-state index contributed by atoms with van der Waals surface area (Å²) in [6.07, 6.45) is 1.33. The van der Waals surface area contributed by atoms with E-state index in [0.717, 1.165) is 21.9 Å². The van der Waals surface area contributed by atoms with Gasteiger partial charge in [-0.25, -0.2) is 4.79 Å². The maximum absolute atomic E-state index is 13.4. The summed E-state index contributed by atoms with van der Waals surface area (Å²) < 4.78 is 22.3. The SMILES string of the molecule is CC(C)(C)OC(=O)N1CCC(Oc2ccc(C(Cc3ccc4ccc(C#N)cc4c3)C(=O)OCOC(=O)C(C)(C)C)cc2)CC1. The van der Waals surface area contributed by atoms with Crippen molar-refractivity contribution in [1.29, 1.82) is 5.26 Å². The highest BCUT2D eigenvalue weighted by Crippen LogP contribution is 2.28. The van der Waals surface area contributed by atoms with Gasteiger partial charge in [-0.2, -0.15) is 5.26 Å². The quantitative estimate of drug-likeness (QED) is 0.199. The first kappa shape index (κ1) is 33.3. The van der Waals surface area contributed by atoms with Gasteiger partial charge in [0.15, 0.2) is 0 Å². The summed E-state index contributed by atoms with van der Waals surface area (Å²) >= 11 is 0. The third-order valence-corrected chi connectivity index (χ3v) is 7.44. The van der Waals surface area contributed by atoms with Gasteiger partial charge >= 0.3 is 18.0 Å². The highest BCUT2D eigenvalue weighted by atomic mass is 16.7. The maximum atomic E-state index is 13.4. The van der Waals surface area contributed by atoms with Gasteiger partial charge in [-0.3, -0.25) is 9.59 Å². The average molecular weight is 615 g/mol. The molecule has 1 aliphatic heterocycles. The van der Waals surface area contributed by atoms with Crippen molar-refractivity contribution in [3.63, 3.8) is 0 Å². The summed E-state index contributed by atoms with van der Waals surface area (Å²) in [6, 6.07) is 20.9. The number of hydrogen-bond acceptors (Lipinski definition) is 8. The number of carbonyl (C=O) groups excluding carboxylic acids is 3. The van der Waals surface area contributed by atoms with Crippen molar-refractivity contribution < 1.29 is 33.3 Å². The Morgan fingerprint density at radius 1 is 0.889 bits per heavy atom. The van der Waals surface area contributed by atoms with E-state index in [2.05, 4.69) is 6.07 Å². The summed E-state index contributed by atoms with van der Waals surface area (Å²) in [4.78, 5) is 39.7. The molecule has 9 heteroatoms. The molecule has 9 nitrogen and oxygen atoms in total. The number of likely N-dealkylation sites (tertiary alicyclic amines) is 1. The van der Waals surface area contributed by atoms with Crippen LogP contribution in [0.25, 0.3) is 10.8 Å². The van der Waals surface area contributed by atoms with Gasteiger partial charge in [0, 0.05) is 25.9 Å². The molecular weight excluding hydrogens is 572 g/mol. The minimum Gasteiger partial charge on any atom is -0.490 e. The van der Waals surface area contributed by atoms with Crippen LogP contribution in [0.4, 0.5) is 4.79 Å². The summed E-state index contributed by atoms with van der Waals surface area (Å²) in [7, 11) is 0. The highest BCUT2D eigenvalue weighted by Gasteiger charge is 2.29. The van der Waals surface area contributed by atoms with Gasteiger partial charge in [0.2, 0.25) is 6.79 Å². The Hall–Kier alpha value is -4.58. The minimum atomic E-state index is -0.721. The lowest BCUT2D eigenvalue weighted by molar-refractivity contribution is -0.174. The molecule has 0 spiro atoms. The lowest BCUT2D eigenvalue weighted by Gasteiger charge is -2.33. The van der Waals surface area contributed by atoms with Crippen molar-refractivity contribution in [3.8, 4) is 11.8 Å². The number of fused-ring (bicyclic) bond motifs is 1. The van der Waals surface area contributed by atoms with Gasteiger partial charge in [0.05, 0.1) is 23.0 Å². The van der Waals surface area contributed by atoms with Crippen LogP contribution in [0, 0.1) is 16.7 Å². The predicted molar refractivity (Wildman–Crippen MR) is 170 cm³/mol. The molecule has 1 fully saturated rings. The van der Waals surface area contributed by atoms with Crippen molar-refractivity contribution in [2.45, 2.75) is 78.4 Å².